The summed E-state index contributed by atoms with van der Waals surface area (Å²) in [5, 5.41) is 22.5. The molecule has 2 amide bonds. The first-order valence-corrected chi connectivity index (χ1v) is 19.9. The first kappa shape index (κ1) is 47.1. The Bertz CT molecular complexity index is 947. The van der Waals surface area contributed by atoms with Gasteiger partial charge in [0.2, 0.25) is 11.8 Å². The summed E-state index contributed by atoms with van der Waals surface area (Å²) in [6, 6.07) is -1.39. The van der Waals surface area contributed by atoms with E-state index < -0.39 is 24.5 Å². The Morgan fingerprint density at radius 1 is 0.620 bits per heavy atom. The molecule has 2 atom stereocenters. The van der Waals surface area contributed by atoms with Crippen molar-refractivity contribution in [1.82, 2.24) is 10.6 Å². The van der Waals surface area contributed by atoms with Gasteiger partial charge in [0.25, 0.3) is 0 Å². The van der Waals surface area contributed by atoms with E-state index in [1.165, 1.54) is 83.5 Å². The number of carboxylic acid groups (broad SMARTS) is 1. The van der Waals surface area contributed by atoms with Crippen molar-refractivity contribution in [3.05, 3.63) is 36.5 Å². The minimum absolute atomic E-state index is 0.135. The second kappa shape index (κ2) is 35.9. The van der Waals surface area contributed by atoms with Gasteiger partial charge in [-0.05, 0) is 51.0 Å². The predicted molar refractivity (Wildman–Crippen MR) is 204 cm³/mol. The lowest BCUT2D eigenvalue weighted by Gasteiger charge is -2.15. The molecule has 0 saturated heterocycles. The van der Waals surface area contributed by atoms with Gasteiger partial charge in [-0.3, -0.25) is 14.4 Å². The summed E-state index contributed by atoms with van der Waals surface area (Å²) in [4.78, 5) is 47.4. The van der Waals surface area contributed by atoms with Gasteiger partial charge in [-0.2, -0.15) is 0 Å². The number of hydrogen-bond acceptors (Lipinski definition) is 6. The fourth-order valence-corrected chi connectivity index (χ4v) is 5.59. The van der Waals surface area contributed by atoms with E-state index in [9.17, 15) is 19.2 Å². The summed E-state index contributed by atoms with van der Waals surface area (Å²) < 4.78 is 5.86. The van der Waals surface area contributed by atoms with Crippen LogP contribution in [0.5, 0.6) is 0 Å². The molecule has 0 aromatic carbocycles. The molecular weight excluding hydrogens is 632 g/mol. The minimum Gasteiger partial charge on any atom is -0.480 e. The summed E-state index contributed by atoms with van der Waals surface area (Å²) >= 11 is 0. The molecule has 0 rings (SSSR count). The molecule has 9 heteroatoms. The van der Waals surface area contributed by atoms with Gasteiger partial charge in [-0.1, -0.05) is 147 Å². The molecule has 0 aromatic rings. The Hall–Kier alpha value is -2.94. The van der Waals surface area contributed by atoms with Crippen molar-refractivity contribution in [2.75, 3.05) is 13.2 Å². The van der Waals surface area contributed by atoms with E-state index in [0.29, 0.717) is 12.8 Å². The third kappa shape index (κ3) is 32.3. The molecule has 288 valence electrons. The minimum atomic E-state index is -1.39. The molecule has 9 nitrogen and oxygen atoms in total. The number of esters is 1. The van der Waals surface area contributed by atoms with Crippen LogP contribution in [0.25, 0.3) is 0 Å². The zero-order valence-corrected chi connectivity index (χ0v) is 31.6. The van der Waals surface area contributed by atoms with Gasteiger partial charge in [0.05, 0.1) is 13.2 Å². The maximum absolute atomic E-state index is 12.7. The van der Waals surface area contributed by atoms with Crippen LogP contribution in [-0.2, 0) is 23.9 Å². The van der Waals surface area contributed by atoms with E-state index in [2.05, 4.69) is 54.9 Å². The van der Waals surface area contributed by atoms with E-state index in [1.807, 2.05) is 6.08 Å². The highest BCUT2D eigenvalue weighted by Crippen LogP contribution is 2.16. The SMILES string of the molecule is CC/C=C\C/C=C\C/C=C\C(CCCCCCC(=O)NCC(=O)NC(CO)C(=O)O)OC(=O)CCCCCCCCCCCCCCCCC. The number of aliphatic hydroxyl groups is 1. The molecule has 0 spiro atoms. The monoisotopic (exact) mass is 705 g/mol. The van der Waals surface area contributed by atoms with Crippen LogP contribution in [0.15, 0.2) is 36.5 Å². The summed E-state index contributed by atoms with van der Waals surface area (Å²) in [7, 11) is 0. The normalized spacial score (nSPS) is 12.9. The van der Waals surface area contributed by atoms with Crippen LogP contribution in [0.3, 0.4) is 0 Å². The lowest BCUT2D eigenvalue weighted by atomic mass is 10.0. The summed E-state index contributed by atoms with van der Waals surface area (Å²) in [5.41, 5.74) is 0. The first-order chi connectivity index (χ1) is 24.3. The van der Waals surface area contributed by atoms with Crippen LogP contribution < -0.4 is 10.6 Å². The fraction of sp³-hybridized carbons (Fsp3) is 0.756. The molecule has 0 aliphatic heterocycles. The molecule has 0 saturated carbocycles. The highest BCUT2D eigenvalue weighted by molar-refractivity contribution is 5.87. The molecule has 50 heavy (non-hydrogen) atoms. The van der Waals surface area contributed by atoms with Crippen LogP contribution in [0.4, 0.5) is 0 Å². The standard InChI is InChI=1S/C41H72N2O7/c1-3-5-7-9-11-13-14-15-16-17-18-19-21-23-29-33-40(47)50-36(30-26-22-20-12-10-8-6-4-2)31-27-24-25-28-32-38(45)42-34-39(46)43-37(35-44)41(48)49/h6,8,12,20,26,30,36-37,44H,3-5,7,9-11,13-19,21-25,27-29,31-35H2,1-2H3,(H,42,45)(H,43,46)(H,48,49)/b8-6-,20-12-,30-26-. The fourth-order valence-electron chi connectivity index (χ4n) is 5.59. The maximum atomic E-state index is 12.7. The smallest absolute Gasteiger partial charge is 0.328 e. The van der Waals surface area contributed by atoms with E-state index in [1.54, 1.807) is 0 Å². The number of carbonyl (C=O) groups is 4. The number of ether oxygens (including phenoxy) is 1. The average Bonchev–Trinajstić information content (AvgIpc) is 3.10. The molecule has 0 aliphatic carbocycles. The highest BCUT2D eigenvalue weighted by atomic mass is 16.5. The maximum Gasteiger partial charge on any atom is 0.328 e. The Morgan fingerprint density at radius 3 is 1.66 bits per heavy atom. The van der Waals surface area contributed by atoms with Crippen LogP contribution in [0.2, 0.25) is 0 Å². The lowest BCUT2D eigenvalue weighted by molar-refractivity contribution is -0.147. The molecule has 0 bridgehead atoms. The number of carbonyl (C=O) groups excluding carboxylic acids is 3. The Morgan fingerprint density at radius 2 is 1.12 bits per heavy atom. The topological polar surface area (TPSA) is 142 Å². The van der Waals surface area contributed by atoms with Crippen molar-refractivity contribution < 1.29 is 34.1 Å². The number of allylic oxidation sites excluding steroid dienone is 5. The number of nitrogens with one attached hydrogen (secondary N) is 2. The molecular formula is C41H72N2O7. The summed E-state index contributed by atoms with van der Waals surface area (Å²) in [5.74, 6) is -2.43. The quantitative estimate of drug-likeness (QED) is 0.0293. The molecule has 0 fully saturated rings. The Balaban J connectivity index is 4.29. The van der Waals surface area contributed by atoms with E-state index in [4.69, 9.17) is 14.9 Å². The lowest BCUT2D eigenvalue weighted by Crippen LogP contribution is -2.47. The summed E-state index contributed by atoms with van der Waals surface area (Å²) in [6.07, 6.45) is 39.1. The number of carboxylic acids is 1. The second-order valence-corrected chi connectivity index (χ2v) is 13.3. The number of unbranched alkanes of at least 4 members (excludes halogenated alkanes) is 17. The van der Waals surface area contributed by atoms with E-state index in [0.717, 1.165) is 57.8 Å². The largest absolute Gasteiger partial charge is 0.480 e. The molecule has 0 aromatic heterocycles. The van der Waals surface area contributed by atoms with Crippen LogP contribution >= 0.6 is 0 Å². The van der Waals surface area contributed by atoms with E-state index in [-0.39, 0.29) is 30.9 Å². The van der Waals surface area contributed by atoms with Crippen molar-refractivity contribution in [3.8, 4) is 0 Å². The summed E-state index contributed by atoms with van der Waals surface area (Å²) in [6.45, 7) is 3.32. The third-order valence-corrected chi connectivity index (χ3v) is 8.64. The van der Waals surface area contributed by atoms with Gasteiger partial charge in [-0.25, -0.2) is 4.79 Å². The van der Waals surface area contributed by atoms with Gasteiger partial charge in [0.1, 0.15) is 12.1 Å². The van der Waals surface area contributed by atoms with Gasteiger partial charge in [0, 0.05) is 12.8 Å². The number of hydrogen-bond donors (Lipinski definition) is 4. The third-order valence-electron chi connectivity index (χ3n) is 8.64. The van der Waals surface area contributed by atoms with Crippen molar-refractivity contribution in [2.24, 2.45) is 0 Å². The number of rotatable bonds is 35. The predicted octanol–water partition coefficient (Wildman–Crippen LogP) is 9.04. The molecule has 0 radical (unpaired) electrons. The van der Waals surface area contributed by atoms with Gasteiger partial charge in [-0.15, -0.1) is 0 Å². The zero-order valence-electron chi connectivity index (χ0n) is 31.6. The van der Waals surface area contributed by atoms with Crippen molar-refractivity contribution >= 4 is 23.8 Å². The first-order valence-electron chi connectivity index (χ1n) is 19.9. The molecule has 0 aliphatic rings. The van der Waals surface area contributed by atoms with Crippen molar-refractivity contribution in [3.63, 3.8) is 0 Å². The Kier molecular flexibility index (Phi) is 33.8. The van der Waals surface area contributed by atoms with Gasteiger partial charge in [0.15, 0.2) is 0 Å². The molecule has 0 heterocycles. The average molecular weight is 705 g/mol. The highest BCUT2D eigenvalue weighted by Gasteiger charge is 2.18. The van der Waals surface area contributed by atoms with Crippen LogP contribution in [-0.4, -0.2) is 59.3 Å². The van der Waals surface area contributed by atoms with Crippen LogP contribution in [0.1, 0.15) is 174 Å². The second-order valence-electron chi connectivity index (χ2n) is 13.3. The molecule has 2 unspecified atom stereocenters. The number of aliphatic carboxylic acids is 1. The van der Waals surface area contributed by atoms with Crippen LogP contribution in [0, 0.1) is 0 Å². The zero-order chi connectivity index (χ0) is 36.9. The Labute approximate surface area is 304 Å². The van der Waals surface area contributed by atoms with Crippen molar-refractivity contribution in [2.45, 2.75) is 187 Å². The van der Waals surface area contributed by atoms with E-state index >= 15 is 0 Å². The number of aliphatic hydroxyl groups excluding tert-OH is 1. The molecule has 4 N–H and O–H groups in total. The number of amides is 2. The van der Waals surface area contributed by atoms with Gasteiger partial charge < -0.3 is 25.6 Å². The van der Waals surface area contributed by atoms with Gasteiger partial charge >= 0.3 is 11.9 Å². The van der Waals surface area contributed by atoms with Crippen molar-refractivity contribution in [1.29, 1.82) is 0 Å².